The van der Waals surface area contributed by atoms with E-state index in [1.165, 1.54) is 34.4 Å². The predicted octanol–water partition coefficient (Wildman–Crippen LogP) is 4.31. The molecule has 0 bridgehead atoms. The van der Waals surface area contributed by atoms with E-state index in [1.807, 2.05) is 43.3 Å². The molecule has 0 radical (unpaired) electrons. The minimum Gasteiger partial charge on any atom is -0.469 e. The van der Waals surface area contributed by atoms with E-state index in [4.69, 9.17) is 14.5 Å². The SMILES string of the molecule is CCOc1nnc(CSc2nc3sc(-c4ccccc4)cc3c(=O)n2CCOC)s1. The average Bonchev–Trinajstić information content (AvgIpc) is 3.40. The van der Waals surface area contributed by atoms with Gasteiger partial charge in [0.05, 0.1) is 30.9 Å². The van der Waals surface area contributed by atoms with Gasteiger partial charge in [-0.1, -0.05) is 53.4 Å². The smallest absolute Gasteiger partial charge is 0.294 e. The number of rotatable bonds is 9. The van der Waals surface area contributed by atoms with Crippen LogP contribution in [0.3, 0.4) is 0 Å². The van der Waals surface area contributed by atoms with E-state index < -0.39 is 0 Å². The van der Waals surface area contributed by atoms with Gasteiger partial charge in [0.25, 0.3) is 10.8 Å². The van der Waals surface area contributed by atoms with E-state index in [0.29, 0.717) is 41.2 Å². The average molecular weight is 461 g/mol. The first-order valence-corrected chi connectivity index (χ1v) is 12.0. The summed E-state index contributed by atoms with van der Waals surface area (Å²) in [6, 6.07) is 12.0. The van der Waals surface area contributed by atoms with E-state index in [-0.39, 0.29) is 5.56 Å². The van der Waals surface area contributed by atoms with E-state index in [2.05, 4.69) is 10.2 Å². The molecular formula is C20H20N4O3S3. The first kappa shape index (κ1) is 21.0. The van der Waals surface area contributed by atoms with Crippen LogP contribution in [0.15, 0.2) is 46.3 Å². The largest absolute Gasteiger partial charge is 0.469 e. The van der Waals surface area contributed by atoms with Crippen molar-refractivity contribution < 1.29 is 9.47 Å². The lowest BCUT2D eigenvalue weighted by molar-refractivity contribution is 0.183. The normalized spacial score (nSPS) is 11.3. The zero-order valence-electron chi connectivity index (χ0n) is 16.5. The van der Waals surface area contributed by atoms with Crippen LogP contribution in [-0.4, -0.2) is 40.1 Å². The fourth-order valence-electron chi connectivity index (χ4n) is 2.84. The summed E-state index contributed by atoms with van der Waals surface area (Å²) in [5.41, 5.74) is 1.03. The molecule has 0 aliphatic carbocycles. The Morgan fingerprint density at radius 3 is 2.77 bits per heavy atom. The summed E-state index contributed by atoms with van der Waals surface area (Å²) in [6.07, 6.45) is 0. The molecule has 10 heteroatoms. The molecule has 0 fully saturated rings. The zero-order chi connectivity index (χ0) is 20.9. The minimum absolute atomic E-state index is 0.0507. The number of benzene rings is 1. The number of methoxy groups -OCH3 is 1. The van der Waals surface area contributed by atoms with Crippen LogP contribution in [-0.2, 0) is 17.0 Å². The molecule has 156 valence electrons. The standard InChI is InChI=1S/C20H20N4O3S3/c1-3-27-20-23-22-16(30-20)12-28-19-21-17-14(18(25)24(19)9-10-26-2)11-15(29-17)13-7-5-4-6-8-13/h4-8,11H,3,9-10,12H2,1-2H3. The second-order valence-corrected chi connectivity index (χ2v) is 9.22. The highest BCUT2D eigenvalue weighted by Gasteiger charge is 2.16. The number of ether oxygens (including phenoxy) is 2. The summed E-state index contributed by atoms with van der Waals surface area (Å²) in [6.45, 7) is 3.34. The molecule has 0 amide bonds. The number of thiophene rings is 1. The number of fused-ring (bicyclic) bond motifs is 1. The third-order valence-electron chi connectivity index (χ3n) is 4.23. The summed E-state index contributed by atoms with van der Waals surface area (Å²) in [7, 11) is 1.62. The first-order chi connectivity index (χ1) is 14.7. The molecule has 0 atom stereocenters. The fourth-order valence-corrected chi connectivity index (χ4v) is 5.67. The van der Waals surface area contributed by atoms with Crippen LogP contribution in [0.4, 0.5) is 0 Å². The Balaban J connectivity index is 1.68. The molecule has 1 aromatic carbocycles. The first-order valence-electron chi connectivity index (χ1n) is 9.36. The lowest BCUT2D eigenvalue weighted by Gasteiger charge is -2.10. The maximum atomic E-state index is 13.2. The summed E-state index contributed by atoms with van der Waals surface area (Å²) >= 11 is 4.41. The Morgan fingerprint density at radius 1 is 1.17 bits per heavy atom. The van der Waals surface area contributed by atoms with E-state index >= 15 is 0 Å². The van der Waals surface area contributed by atoms with Crippen molar-refractivity contribution in [2.75, 3.05) is 20.3 Å². The summed E-state index contributed by atoms with van der Waals surface area (Å²) in [4.78, 5) is 19.8. The van der Waals surface area contributed by atoms with Crippen molar-refractivity contribution >= 4 is 44.7 Å². The molecule has 30 heavy (non-hydrogen) atoms. The summed E-state index contributed by atoms with van der Waals surface area (Å²) in [5.74, 6) is 0.562. The Kier molecular flexibility index (Phi) is 6.78. The molecule has 7 nitrogen and oxygen atoms in total. The van der Waals surface area contributed by atoms with Gasteiger partial charge in [-0.25, -0.2) is 4.98 Å². The number of hydrogen-bond acceptors (Lipinski definition) is 9. The Morgan fingerprint density at radius 2 is 2.00 bits per heavy atom. The van der Waals surface area contributed by atoms with Crippen LogP contribution in [0.1, 0.15) is 11.9 Å². The predicted molar refractivity (Wildman–Crippen MR) is 122 cm³/mol. The molecule has 3 heterocycles. The maximum Gasteiger partial charge on any atom is 0.294 e. The van der Waals surface area contributed by atoms with Crippen LogP contribution >= 0.6 is 34.4 Å². The highest BCUT2D eigenvalue weighted by Crippen LogP contribution is 2.33. The highest BCUT2D eigenvalue weighted by molar-refractivity contribution is 7.98. The van der Waals surface area contributed by atoms with Crippen molar-refractivity contribution in [1.82, 2.24) is 19.7 Å². The van der Waals surface area contributed by atoms with Crippen LogP contribution < -0.4 is 10.3 Å². The molecule has 0 saturated heterocycles. The monoisotopic (exact) mass is 460 g/mol. The molecule has 0 saturated carbocycles. The Bertz CT molecular complexity index is 1190. The molecule has 4 aromatic rings. The van der Waals surface area contributed by atoms with Gasteiger partial charge in [0.15, 0.2) is 5.16 Å². The topological polar surface area (TPSA) is 79.1 Å². The van der Waals surface area contributed by atoms with E-state index in [9.17, 15) is 4.79 Å². The molecule has 0 N–H and O–H groups in total. The molecular weight excluding hydrogens is 440 g/mol. The molecule has 0 spiro atoms. The van der Waals surface area contributed by atoms with Crippen molar-refractivity contribution in [2.24, 2.45) is 0 Å². The van der Waals surface area contributed by atoms with Gasteiger partial charge < -0.3 is 9.47 Å². The lowest BCUT2D eigenvalue weighted by atomic mass is 10.2. The Labute approximate surface area is 185 Å². The summed E-state index contributed by atoms with van der Waals surface area (Å²) < 4.78 is 12.3. The van der Waals surface area contributed by atoms with Crippen molar-refractivity contribution in [3.63, 3.8) is 0 Å². The van der Waals surface area contributed by atoms with Crippen molar-refractivity contribution in [3.8, 4) is 15.6 Å². The van der Waals surface area contributed by atoms with Crippen LogP contribution in [0.25, 0.3) is 20.7 Å². The molecule has 4 rings (SSSR count). The van der Waals surface area contributed by atoms with Crippen LogP contribution in [0.2, 0.25) is 0 Å². The molecule has 3 aromatic heterocycles. The van der Waals surface area contributed by atoms with Gasteiger partial charge in [-0.2, -0.15) is 0 Å². The number of aromatic nitrogens is 4. The molecule has 0 aliphatic rings. The van der Waals surface area contributed by atoms with Gasteiger partial charge in [-0.3, -0.25) is 9.36 Å². The van der Waals surface area contributed by atoms with Gasteiger partial charge in [0, 0.05) is 12.0 Å². The maximum absolute atomic E-state index is 13.2. The summed E-state index contributed by atoms with van der Waals surface area (Å²) in [5, 5.41) is 10.8. The van der Waals surface area contributed by atoms with Gasteiger partial charge in [0.2, 0.25) is 0 Å². The second kappa shape index (κ2) is 9.69. The second-order valence-electron chi connectivity index (χ2n) is 6.22. The van der Waals surface area contributed by atoms with Gasteiger partial charge >= 0.3 is 0 Å². The Hall–Kier alpha value is -2.27. The quantitative estimate of drug-likeness (QED) is 0.272. The third-order valence-corrected chi connectivity index (χ3v) is 7.32. The van der Waals surface area contributed by atoms with Crippen molar-refractivity contribution in [2.45, 2.75) is 24.4 Å². The van der Waals surface area contributed by atoms with E-state index in [1.54, 1.807) is 11.7 Å². The van der Waals surface area contributed by atoms with E-state index in [0.717, 1.165) is 20.3 Å². The van der Waals surface area contributed by atoms with Crippen molar-refractivity contribution in [3.05, 3.63) is 51.8 Å². The number of thioether (sulfide) groups is 1. The highest BCUT2D eigenvalue weighted by atomic mass is 32.2. The van der Waals surface area contributed by atoms with Gasteiger partial charge in [-0.15, -0.1) is 21.5 Å². The van der Waals surface area contributed by atoms with Crippen LogP contribution in [0, 0.1) is 0 Å². The fraction of sp³-hybridized carbons (Fsp3) is 0.300. The third kappa shape index (κ3) is 4.56. The molecule has 0 aliphatic heterocycles. The zero-order valence-corrected chi connectivity index (χ0v) is 19.0. The van der Waals surface area contributed by atoms with Crippen molar-refractivity contribution in [1.29, 1.82) is 0 Å². The van der Waals surface area contributed by atoms with Crippen LogP contribution in [0.5, 0.6) is 5.19 Å². The molecule has 0 unspecified atom stereocenters. The van der Waals surface area contributed by atoms with Gasteiger partial charge in [0.1, 0.15) is 9.84 Å². The van der Waals surface area contributed by atoms with Gasteiger partial charge in [-0.05, 0) is 18.6 Å². The minimum atomic E-state index is -0.0507. The number of nitrogens with zero attached hydrogens (tertiary/aromatic N) is 4. The lowest BCUT2D eigenvalue weighted by Crippen LogP contribution is -2.24. The number of hydrogen-bond donors (Lipinski definition) is 0.